The third kappa shape index (κ3) is 8.22. The summed E-state index contributed by atoms with van der Waals surface area (Å²) >= 11 is 1.89. The predicted octanol–water partition coefficient (Wildman–Crippen LogP) is 16.1. The van der Waals surface area contributed by atoms with Gasteiger partial charge in [-0.25, -0.2) is 0 Å². The van der Waals surface area contributed by atoms with Crippen LogP contribution in [0.25, 0.3) is 11.1 Å². The van der Waals surface area contributed by atoms with Crippen LogP contribution in [0.4, 0.5) is 17.1 Å². The summed E-state index contributed by atoms with van der Waals surface area (Å²) in [6.45, 7) is 28.8. The third-order valence-electron chi connectivity index (χ3n) is 17.6. The van der Waals surface area contributed by atoms with Crippen LogP contribution >= 0.6 is 11.8 Å². The molecule has 0 bridgehead atoms. The summed E-state index contributed by atoms with van der Waals surface area (Å²) in [7, 11) is 0. The van der Waals surface area contributed by atoms with E-state index in [1.165, 1.54) is 121 Å². The first-order valence-electron chi connectivity index (χ1n) is 28.7. The fraction of sp³-hybridized carbons (Fsp3) is 0.260. The van der Waals surface area contributed by atoms with Crippen LogP contribution in [-0.4, -0.2) is 13.4 Å². The Morgan fingerprint density at radius 3 is 1.13 bits per heavy atom. The number of hydrogen-bond donors (Lipinski definition) is 0. The van der Waals surface area contributed by atoms with Crippen LogP contribution in [0.2, 0.25) is 0 Å². The van der Waals surface area contributed by atoms with Gasteiger partial charge in [0.05, 0.1) is 16.8 Å². The molecule has 0 radical (unpaired) electrons. The number of rotatable bonds is 10. The minimum absolute atomic E-state index is 0.0646. The molecule has 1 spiro atoms. The molecule has 0 amide bonds. The Labute approximate surface area is 465 Å². The van der Waals surface area contributed by atoms with Crippen LogP contribution in [0.3, 0.4) is 0 Å². The second kappa shape index (κ2) is 19.9. The molecule has 0 atom stereocenters. The number of para-hydroxylation sites is 2. The van der Waals surface area contributed by atoms with Gasteiger partial charge in [-0.15, -0.1) is 0 Å². The van der Waals surface area contributed by atoms with Gasteiger partial charge in [0, 0.05) is 15.5 Å². The SMILES string of the molecule is CC(C)c1cc(C(C)C)c(B2c3ccccc3B(c3c(C(C)C)cc(C(C)C)cc3C(C)C)c3cc(-c4ccc(N5c6ccccc6C6(c7ccccc7Sc7ccccc76)c6ccccc65)cc4)ccc32)c(C(C)C)c1. The number of hydrogen-bond acceptors (Lipinski definition) is 2. The zero-order valence-electron chi connectivity index (χ0n) is 47.4. The highest BCUT2D eigenvalue weighted by Crippen LogP contribution is 2.62. The van der Waals surface area contributed by atoms with Gasteiger partial charge in [-0.2, -0.15) is 0 Å². The summed E-state index contributed by atoms with van der Waals surface area (Å²) in [6.07, 6.45) is 0. The molecule has 4 heteroatoms. The molecule has 382 valence electrons. The van der Waals surface area contributed by atoms with Gasteiger partial charge in [-0.05, 0) is 139 Å². The van der Waals surface area contributed by atoms with Gasteiger partial charge < -0.3 is 4.90 Å². The maximum atomic E-state index is 2.61. The number of anilines is 3. The lowest BCUT2D eigenvalue weighted by molar-refractivity contribution is 0.692. The van der Waals surface area contributed by atoms with Crippen LogP contribution in [0.15, 0.2) is 198 Å². The zero-order chi connectivity index (χ0) is 53.6. The monoisotopic (exact) mass is 1020 g/mol. The average Bonchev–Trinajstić information content (AvgIpc) is 3.61. The first-order valence-corrected chi connectivity index (χ1v) is 29.5. The molecule has 77 heavy (non-hydrogen) atoms. The van der Waals surface area contributed by atoms with Crippen LogP contribution in [-0.2, 0) is 5.41 Å². The molecule has 0 fully saturated rings. The van der Waals surface area contributed by atoms with E-state index >= 15 is 0 Å². The van der Waals surface area contributed by atoms with Gasteiger partial charge in [0.2, 0.25) is 13.4 Å². The molecule has 1 nitrogen and oxygen atoms in total. The average molecular weight is 1020 g/mol. The van der Waals surface area contributed by atoms with Crippen molar-refractivity contribution in [3.05, 3.63) is 244 Å². The van der Waals surface area contributed by atoms with E-state index in [4.69, 9.17) is 0 Å². The summed E-state index contributed by atoms with van der Waals surface area (Å²) in [5, 5.41) is 0. The Hall–Kier alpha value is -6.74. The molecule has 12 rings (SSSR count). The lowest BCUT2D eigenvalue weighted by Crippen LogP contribution is -2.76. The highest BCUT2D eigenvalue weighted by atomic mass is 32.2. The third-order valence-corrected chi connectivity index (χ3v) is 18.8. The Morgan fingerprint density at radius 1 is 0.338 bits per heavy atom. The molecule has 0 saturated heterocycles. The fourth-order valence-electron chi connectivity index (χ4n) is 13.9. The van der Waals surface area contributed by atoms with E-state index in [0.717, 1.165) is 5.69 Å². The van der Waals surface area contributed by atoms with Crippen molar-refractivity contribution in [2.75, 3.05) is 4.90 Å². The second-order valence-corrected chi connectivity index (χ2v) is 25.3. The zero-order valence-corrected chi connectivity index (χ0v) is 48.2. The van der Waals surface area contributed by atoms with Crippen molar-refractivity contribution in [2.24, 2.45) is 0 Å². The Balaban J connectivity index is 1.06. The van der Waals surface area contributed by atoms with E-state index in [9.17, 15) is 0 Å². The molecule has 3 heterocycles. The van der Waals surface area contributed by atoms with Crippen molar-refractivity contribution < 1.29 is 0 Å². The molecular weight excluding hydrogens is 945 g/mol. The normalized spacial score (nSPS) is 14.1. The standard InChI is InChI=1S/C73H73B2NS/c1-44(2)52-39-55(46(5)6)71(56(40-52)47(7)8)74-63-27-17-18-28-64(63)75(72-57(48(9)10)41-53(45(3)4)42-58(72)49(11)12)66-43-51(35-38-65(66)74)50-33-36-54(37-34-50)76-67-29-19-13-23-59(67)73(60-24-14-20-30-68(60)76)61-25-15-21-31-69(61)77-70-32-22-16-26-62(70)73/h13-49H,1-12H3. The highest BCUT2D eigenvalue weighted by Gasteiger charge is 2.50. The van der Waals surface area contributed by atoms with Crippen molar-refractivity contribution in [3.63, 3.8) is 0 Å². The van der Waals surface area contributed by atoms with E-state index in [2.05, 4.69) is 276 Å². The maximum Gasteiger partial charge on any atom is 0.240 e. The van der Waals surface area contributed by atoms with Gasteiger partial charge in [-0.3, -0.25) is 0 Å². The summed E-state index contributed by atoms with van der Waals surface area (Å²) in [6, 6.07) is 73.4. The largest absolute Gasteiger partial charge is 0.310 e. The van der Waals surface area contributed by atoms with E-state index < -0.39 is 5.41 Å². The summed E-state index contributed by atoms with van der Waals surface area (Å²) in [5.41, 5.74) is 28.5. The molecule has 9 aromatic rings. The van der Waals surface area contributed by atoms with E-state index in [1.807, 2.05) is 11.8 Å². The topological polar surface area (TPSA) is 3.24 Å². The van der Waals surface area contributed by atoms with Crippen LogP contribution in [0.1, 0.15) is 174 Å². The van der Waals surface area contributed by atoms with Gasteiger partial charge in [-0.1, -0.05) is 279 Å². The lowest BCUT2D eigenvalue weighted by atomic mass is 9.20. The fourth-order valence-corrected chi connectivity index (χ4v) is 15.0. The minimum atomic E-state index is -0.472. The van der Waals surface area contributed by atoms with E-state index in [0.29, 0.717) is 35.5 Å². The van der Waals surface area contributed by atoms with Crippen LogP contribution < -0.4 is 37.7 Å². The van der Waals surface area contributed by atoms with Crippen LogP contribution in [0.5, 0.6) is 0 Å². The molecule has 0 saturated carbocycles. The maximum absolute atomic E-state index is 2.61. The van der Waals surface area contributed by atoms with Gasteiger partial charge in [0.1, 0.15) is 0 Å². The van der Waals surface area contributed by atoms with Gasteiger partial charge in [0.25, 0.3) is 0 Å². The smallest absolute Gasteiger partial charge is 0.240 e. The number of benzene rings is 9. The molecule has 0 aromatic heterocycles. The molecule has 0 aliphatic carbocycles. The Morgan fingerprint density at radius 2 is 0.701 bits per heavy atom. The lowest BCUT2D eigenvalue weighted by Gasteiger charge is -2.49. The molecule has 9 aromatic carbocycles. The molecule has 0 N–H and O–H groups in total. The molecular formula is C73H73B2NS. The Bertz CT molecular complexity index is 3570. The van der Waals surface area contributed by atoms with Crippen molar-refractivity contribution in [2.45, 2.75) is 134 Å². The minimum Gasteiger partial charge on any atom is -0.310 e. The van der Waals surface area contributed by atoms with Crippen molar-refractivity contribution in [3.8, 4) is 11.1 Å². The summed E-state index contributed by atoms with van der Waals surface area (Å²) < 4.78 is 0. The van der Waals surface area contributed by atoms with E-state index in [-0.39, 0.29) is 13.4 Å². The summed E-state index contributed by atoms with van der Waals surface area (Å²) in [5.74, 6) is 2.34. The van der Waals surface area contributed by atoms with Crippen molar-refractivity contribution in [1.29, 1.82) is 0 Å². The van der Waals surface area contributed by atoms with Crippen molar-refractivity contribution >= 4 is 75.0 Å². The predicted molar refractivity (Wildman–Crippen MR) is 336 cm³/mol. The molecule has 3 aliphatic rings. The first-order chi connectivity index (χ1) is 37.2. The van der Waals surface area contributed by atoms with Crippen LogP contribution in [0, 0.1) is 0 Å². The molecule has 3 aliphatic heterocycles. The number of nitrogens with zero attached hydrogens (tertiary/aromatic N) is 1. The molecule has 0 unspecified atom stereocenters. The van der Waals surface area contributed by atoms with Crippen molar-refractivity contribution in [1.82, 2.24) is 0 Å². The quantitative estimate of drug-likeness (QED) is 0.126. The summed E-state index contributed by atoms with van der Waals surface area (Å²) in [4.78, 5) is 5.14. The van der Waals surface area contributed by atoms with E-state index in [1.54, 1.807) is 0 Å². The van der Waals surface area contributed by atoms with Gasteiger partial charge in [0.15, 0.2) is 0 Å². The van der Waals surface area contributed by atoms with Gasteiger partial charge >= 0.3 is 0 Å². The first kappa shape index (κ1) is 51.0. The second-order valence-electron chi connectivity index (χ2n) is 24.3. The number of fused-ring (bicyclic) bond motifs is 10. The highest BCUT2D eigenvalue weighted by molar-refractivity contribution is 7.99. The Kier molecular flexibility index (Phi) is 13.2.